The van der Waals surface area contributed by atoms with Gasteiger partial charge in [-0.3, -0.25) is 10.00 Å². The first-order valence-corrected chi connectivity index (χ1v) is 10.6. The molecule has 31 heavy (non-hydrogen) atoms. The van der Waals surface area contributed by atoms with E-state index >= 15 is 0 Å². The summed E-state index contributed by atoms with van der Waals surface area (Å²) in [6.07, 6.45) is 2.66. The van der Waals surface area contributed by atoms with Crippen LogP contribution >= 0.6 is 11.3 Å². The van der Waals surface area contributed by atoms with Crippen molar-refractivity contribution in [2.75, 3.05) is 5.32 Å². The van der Waals surface area contributed by atoms with E-state index in [9.17, 15) is 14.7 Å². The van der Waals surface area contributed by atoms with E-state index in [-0.39, 0.29) is 0 Å². The van der Waals surface area contributed by atoms with E-state index in [0.717, 1.165) is 40.1 Å². The van der Waals surface area contributed by atoms with Gasteiger partial charge in [0.05, 0.1) is 17.5 Å². The number of aryl methyl sites for hydroxylation is 2. The van der Waals surface area contributed by atoms with Gasteiger partial charge >= 0.3 is 12.1 Å². The number of ether oxygens (including phenoxy) is 2. The maximum absolute atomic E-state index is 11.9. The summed E-state index contributed by atoms with van der Waals surface area (Å²) in [7, 11) is 1.84. The van der Waals surface area contributed by atoms with Crippen molar-refractivity contribution in [1.29, 1.82) is 0 Å². The van der Waals surface area contributed by atoms with Gasteiger partial charge in [0.25, 0.3) is 0 Å². The Morgan fingerprint density at radius 2 is 1.90 bits per heavy atom. The van der Waals surface area contributed by atoms with Crippen LogP contribution in [0, 0.1) is 0 Å². The van der Waals surface area contributed by atoms with E-state index in [1.165, 1.54) is 0 Å². The average Bonchev–Trinajstić information content (AvgIpc) is 3.22. The molecular weight excluding hydrogens is 418 g/mol. The Morgan fingerprint density at radius 3 is 2.55 bits per heavy atom. The third-order valence-corrected chi connectivity index (χ3v) is 5.87. The van der Waals surface area contributed by atoms with Gasteiger partial charge in [0.15, 0.2) is 5.06 Å². The van der Waals surface area contributed by atoms with Gasteiger partial charge in [0.1, 0.15) is 16.2 Å². The van der Waals surface area contributed by atoms with Gasteiger partial charge in [0, 0.05) is 12.7 Å². The summed E-state index contributed by atoms with van der Waals surface area (Å²) in [5.74, 6) is -0.427. The molecule has 0 saturated carbocycles. The number of carboxylic acid groups (broad SMARTS) is 1. The van der Waals surface area contributed by atoms with Crippen molar-refractivity contribution in [2.45, 2.75) is 39.2 Å². The molecule has 1 aliphatic rings. The summed E-state index contributed by atoms with van der Waals surface area (Å²) in [5, 5.41) is 17.2. The third kappa shape index (κ3) is 4.27. The molecule has 1 amide bonds. The zero-order valence-electron chi connectivity index (χ0n) is 17.7. The van der Waals surface area contributed by atoms with Crippen LogP contribution in [0.1, 0.15) is 41.6 Å². The number of rotatable bonds is 4. The molecule has 0 unspecified atom stereocenters. The van der Waals surface area contributed by atoms with Crippen molar-refractivity contribution in [3.8, 4) is 22.1 Å². The largest absolute Gasteiger partial charge is 0.477 e. The Bertz CT molecular complexity index is 1160. The van der Waals surface area contributed by atoms with Crippen molar-refractivity contribution in [3.05, 3.63) is 46.5 Å². The van der Waals surface area contributed by atoms with Gasteiger partial charge in [-0.2, -0.15) is 5.10 Å². The average molecular weight is 442 g/mol. The number of hydrogen-bond acceptors (Lipinski definition) is 6. The van der Waals surface area contributed by atoms with Crippen LogP contribution in [0.2, 0.25) is 0 Å². The molecule has 0 radical (unpaired) electrons. The number of benzene rings is 1. The highest BCUT2D eigenvalue weighted by Crippen LogP contribution is 2.48. The number of nitrogens with one attached hydrogen (secondary N) is 1. The smallest absolute Gasteiger partial charge is 0.412 e. The molecule has 1 aromatic carbocycles. The summed E-state index contributed by atoms with van der Waals surface area (Å²) in [6, 6.07) is 6.83. The second kappa shape index (κ2) is 7.73. The quantitative estimate of drug-likeness (QED) is 0.585. The zero-order valence-corrected chi connectivity index (χ0v) is 18.5. The number of fused-ring (bicyclic) bond motifs is 3. The molecule has 2 N–H and O–H groups in total. The fourth-order valence-electron chi connectivity index (χ4n) is 3.55. The van der Waals surface area contributed by atoms with Crippen LogP contribution in [0.25, 0.3) is 11.3 Å². The Morgan fingerprint density at radius 1 is 1.19 bits per heavy atom. The highest BCUT2D eigenvalue weighted by Gasteiger charge is 2.31. The summed E-state index contributed by atoms with van der Waals surface area (Å²) in [5.41, 5.74) is 3.52. The van der Waals surface area contributed by atoms with E-state index in [1.54, 1.807) is 49.7 Å². The van der Waals surface area contributed by atoms with Crippen LogP contribution in [0.5, 0.6) is 10.8 Å². The number of carbonyl (C=O) groups excluding carboxylic acids is 1. The Hall–Kier alpha value is -3.33. The lowest BCUT2D eigenvalue weighted by Crippen LogP contribution is -2.27. The summed E-state index contributed by atoms with van der Waals surface area (Å²) in [6.45, 7) is 5.39. The number of nitrogens with zero attached hydrogens (tertiary/aromatic N) is 2. The fraction of sp³-hybridized carbons (Fsp3) is 0.318. The van der Waals surface area contributed by atoms with E-state index < -0.39 is 17.7 Å². The van der Waals surface area contributed by atoms with Crippen molar-refractivity contribution in [1.82, 2.24) is 9.78 Å². The molecule has 0 aliphatic heterocycles. The highest BCUT2D eigenvalue weighted by atomic mass is 32.1. The lowest BCUT2D eigenvalue weighted by Gasteiger charge is -2.19. The molecule has 2 heterocycles. The minimum absolute atomic E-state index is 0.292. The number of aromatic nitrogens is 2. The number of aromatic carboxylic acids is 1. The van der Waals surface area contributed by atoms with Crippen molar-refractivity contribution < 1.29 is 24.2 Å². The minimum Gasteiger partial charge on any atom is -0.477 e. The molecule has 8 nitrogen and oxygen atoms in total. The first kappa shape index (κ1) is 20.9. The predicted molar refractivity (Wildman–Crippen MR) is 117 cm³/mol. The van der Waals surface area contributed by atoms with E-state index in [1.807, 2.05) is 13.2 Å². The van der Waals surface area contributed by atoms with Crippen LogP contribution in [-0.2, 0) is 24.6 Å². The van der Waals surface area contributed by atoms with Crippen LogP contribution in [0.3, 0.4) is 0 Å². The van der Waals surface area contributed by atoms with Gasteiger partial charge in [-0.05, 0) is 69.0 Å². The van der Waals surface area contributed by atoms with Gasteiger partial charge in [-0.25, -0.2) is 9.59 Å². The van der Waals surface area contributed by atoms with Gasteiger partial charge in [-0.15, -0.1) is 0 Å². The number of hydrogen-bond donors (Lipinski definition) is 2. The highest BCUT2D eigenvalue weighted by molar-refractivity contribution is 7.16. The molecule has 3 aromatic rings. The van der Waals surface area contributed by atoms with E-state index in [4.69, 9.17) is 9.47 Å². The summed E-state index contributed by atoms with van der Waals surface area (Å²) in [4.78, 5) is 24.0. The van der Waals surface area contributed by atoms with Crippen LogP contribution in [0.4, 0.5) is 10.5 Å². The molecule has 0 atom stereocenters. The maximum Gasteiger partial charge on any atom is 0.412 e. The third-order valence-electron chi connectivity index (χ3n) is 4.77. The van der Waals surface area contributed by atoms with Crippen molar-refractivity contribution in [2.24, 2.45) is 7.05 Å². The maximum atomic E-state index is 11.9. The SMILES string of the molecule is Cn1ncc2c1-c1c(Oc3ccc(NC(=O)OC(C)(C)C)cc3)sc(C(=O)O)c1CC2. The van der Waals surface area contributed by atoms with E-state index in [0.29, 0.717) is 27.8 Å². The lowest BCUT2D eigenvalue weighted by molar-refractivity contribution is 0.0634. The molecule has 0 spiro atoms. The first-order valence-electron chi connectivity index (χ1n) is 9.80. The number of thiophene rings is 1. The molecule has 9 heteroatoms. The first-order chi connectivity index (χ1) is 14.6. The minimum atomic E-state index is -0.960. The Labute approximate surface area is 183 Å². The second-order valence-corrected chi connectivity index (χ2v) is 9.26. The van der Waals surface area contributed by atoms with Crippen molar-refractivity contribution >= 4 is 29.1 Å². The van der Waals surface area contributed by atoms with Gasteiger partial charge in [0.2, 0.25) is 0 Å². The standard InChI is InChI=1S/C22H23N3O5S/c1-22(2,3)30-21(28)24-13-6-8-14(9-7-13)29-20-16-15(18(31-20)19(26)27)10-5-12-11-23-25(4)17(12)16/h6-9,11H,5,10H2,1-4H3,(H,24,28)(H,26,27). The summed E-state index contributed by atoms with van der Waals surface area (Å²) < 4.78 is 13.1. The van der Waals surface area contributed by atoms with E-state index in [2.05, 4.69) is 10.4 Å². The molecule has 4 rings (SSSR count). The lowest BCUT2D eigenvalue weighted by atomic mass is 9.92. The second-order valence-electron chi connectivity index (χ2n) is 8.27. The summed E-state index contributed by atoms with van der Waals surface area (Å²) >= 11 is 1.12. The van der Waals surface area contributed by atoms with Crippen LogP contribution < -0.4 is 10.1 Å². The zero-order chi connectivity index (χ0) is 22.3. The number of carbonyl (C=O) groups is 2. The molecule has 162 valence electrons. The van der Waals surface area contributed by atoms with Crippen LogP contribution in [0.15, 0.2) is 30.5 Å². The van der Waals surface area contributed by atoms with Crippen LogP contribution in [-0.4, -0.2) is 32.6 Å². The van der Waals surface area contributed by atoms with Gasteiger partial charge in [-0.1, -0.05) is 11.3 Å². The number of amides is 1. The predicted octanol–water partition coefficient (Wildman–Crippen LogP) is 5.08. The molecule has 0 saturated heterocycles. The normalized spacial score (nSPS) is 12.6. The monoisotopic (exact) mass is 441 g/mol. The van der Waals surface area contributed by atoms with Gasteiger partial charge < -0.3 is 14.6 Å². The number of anilines is 1. The molecular formula is C22H23N3O5S. The topological polar surface area (TPSA) is 103 Å². The van der Waals surface area contributed by atoms with Crippen molar-refractivity contribution in [3.63, 3.8) is 0 Å². The molecule has 2 aromatic heterocycles. The Kier molecular flexibility index (Phi) is 5.22. The molecule has 1 aliphatic carbocycles. The number of carboxylic acids is 1. The molecule has 0 fully saturated rings. The Balaban J connectivity index is 1.60. The fourth-order valence-corrected chi connectivity index (χ4v) is 4.61. The molecule has 0 bridgehead atoms.